The van der Waals surface area contributed by atoms with E-state index in [1.165, 1.54) is 12.1 Å². The summed E-state index contributed by atoms with van der Waals surface area (Å²) in [5, 5.41) is 5.30. The Morgan fingerprint density at radius 2 is 1.00 bits per heavy atom. The van der Waals surface area contributed by atoms with Gasteiger partial charge in [0.2, 0.25) is 0 Å². The summed E-state index contributed by atoms with van der Waals surface area (Å²) in [5.41, 5.74) is 5.67. The lowest BCUT2D eigenvalue weighted by molar-refractivity contribution is 0.466. The zero-order valence-electron chi connectivity index (χ0n) is 20.5. The lowest BCUT2D eigenvalue weighted by Crippen LogP contribution is -2.39. The Kier molecular flexibility index (Phi) is 6.48. The molecule has 4 heteroatoms. The standard InChI is InChI=1S/C34H24BrFN2/c35-31-32(26-16-13-23-30(36)24-26)37-38(33(31)25-14-5-1-6-15-25)34(27-17-7-2-8-18-27,28-19-9-3-10-20-28)29-21-11-4-12-22-29/h1-24H. The maximum atomic E-state index is 14.4. The molecule has 0 N–H and O–H groups in total. The molecule has 0 fully saturated rings. The van der Waals surface area contributed by atoms with Gasteiger partial charge in [-0.15, -0.1) is 0 Å². The van der Waals surface area contributed by atoms with Crippen LogP contribution in [0.3, 0.4) is 0 Å². The summed E-state index contributed by atoms with van der Waals surface area (Å²) in [6.45, 7) is 0. The summed E-state index contributed by atoms with van der Waals surface area (Å²) >= 11 is 3.90. The highest BCUT2D eigenvalue weighted by atomic mass is 79.9. The molecular weight excluding hydrogens is 535 g/mol. The third-order valence-electron chi connectivity index (χ3n) is 6.87. The van der Waals surface area contributed by atoms with Crippen LogP contribution >= 0.6 is 15.9 Å². The molecule has 0 aliphatic rings. The highest BCUT2D eigenvalue weighted by molar-refractivity contribution is 9.10. The fourth-order valence-corrected chi connectivity index (χ4v) is 5.92. The van der Waals surface area contributed by atoms with Gasteiger partial charge >= 0.3 is 0 Å². The molecular formula is C34H24BrFN2. The first kappa shape index (κ1) is 24.1. The summed E-state index contributed by atoms with van der Waals surface area (Å²) in [7, 11) is 0. The van der Waals surface area contributed by atoms with E-state index in [1.54, 1.807) is 6.07 Å². The van der Waals surface area contributed by atoms with Crippen molar-refractivity contribution in [3.63, 3.8) is 0 Å². The van der Waals surface area contributed by atoms with E-state index in [1.807, 2.05) is 42.5 Å². The minimum atomic E-state index is -0.816. The minimum absolute atomic E-state index is 0.300. The number of aromatic nitrogens is 2. The van der Waals surface area contributed by atoms with Gasteiger partial charge < -0.3 is 0 Å². The first-order chi connectivity index (χ1) is 18.7. The van der Waals surface area contributed by atoms with Crippen molar-refractivity contribution < 1.29 is 4.39 Å². The molecule has 0 aliphatic carbocycles. The van der Waals surface area contributed by atoms with E-state index in [0.717, 1.165) is 32.4 Å². The van der Waals surface area contributed by atoms with Crippen LogP contribution in [0.25, 0.3) is 22.5 Å². The Morgan fingerprint density at radius 1 is 0.553 bits per heavy atom. The van der Waals surface area contributed by atoms with E-state index < -0.39 is 5.54 Å². The molecule has 6 rings (SSSR count). The molecule has 1 heterocycles. The lowest BCUT2D eigenvalue weighted by Gasteiger charge is -2.37. The average molecular weight is 559 g/mol. The second kappa shape index (κ2) is 10.2. The van der Waals surface area contributed by atoms with Gasteiger partial charge in [-0.1, -0.05) is 133 Å². The summed E-state index contributed by atoms with van der Waals surface area (Å²) in [6, 6.07) is 48.1. The largest absolute Gasteiger partial charge is 0.243 e. The van der Waals surface area contributed by atoms with Crippen molar-refractivity contribution in [2.24, 2.45) is 0 Å². The number of benzene rings is 5. The fraction of sp³-hybridized carbons (Fsp3) is 0.0294. The molecule has 0 bridgehead atoms. The lowest BCUT2D eigenvalue weighted by atomic mass is 9.76. The summed E-state index contributed by atoms with van der Waals surface area (Å²) in [5.74, 6) is -0.300. The Labute approximate surface area is 230 Å². The van der Waals surface area contributed by atoms with Crippen LogP contribution in [-0.4, -0.2) is 9.78 Å². The highest BCUT2D eigenvalue weighted by Crippen LogP contribution is 2.47. The maximum absolute atomic E-state index is 14.4. The summed E-state index contributed by atoms with van der Waals surface area (Å²) < 4.78 is 17.3. The van der Waals surface area contributed by atoms with Gasteiger partial charge in [0.05, 0.1) is 10.2 Å². The SMILES string of the molecule is Fc1cccc(-c2nn(C(c3ccccc3)(c3ccccc3)c3ccccc3)c(-c3ccccc3)c2Br)c1. The van der Waals surface area contributed by atoms with Gasteiger partial charge in [0.15, 0.2) is 0 Å². The van der Waals surface area contributed by atoms with Crippen molar-refractivity contribution in [3.8, 4) is 22.5 Å². The van der Waals surface area contributed by atoms with Gasteiger partial charge in [0, 0.05) is 11.1 Å². The van der Waals surface area contributed by atoms with Crippen molar-refractivity contribution in [2.75, 3.05) is 0 Å². The quantitative estimate of drug-likeness (QED) is 0.186. The number of halogens is 2. The molecule has 184 valence electrons. The molecule has 0 radical (unpaired) electrons. The van der Waals surface area contributed by atoms with Gasteiger partial charge in [-0.25, -0.2) is 9.07 Å². The average Bonchev–Trinajstić information content (AvgIpc) is 3.33. The van der Waals surface area contributed by atoms with Crippen LogP contribution in [0.1, 0.15) is 16.7 Å². The van der Waals surface area contributed by atoms with E-state index in [4.69, 9.17) is 5.10 Å². The van der Waals surface area contributed by atoms with E-state index >= 15 is 0 Å². The molecule has 1 aromatic heterocycles. The Morgan fingerprint density at radius 3 is 1.47 bits per heavy atom. The zero-order valence-corrected chi connectivity index (χ0v) is 22.1. The predicted octanol–water partition coefficient (Wildman–Crippen LogP) is 8.96. The Bertz CT molecular complexity index is 1570. The molecule has 0 unspecified atom stereocenters. The van der Waals surface area contributed by atoms with Gasteiger partial charge in [-0.2, -0.15) is 5.10 Å². The normalized spacial score (nSPS) is 11.4. The highest BCUT2D eigenvalue weighted by Gasteiger charge is 2.42. The number of rotatable bonds is 6. The van der Waals surface area contributed by atoms with Gasteiger partial charge in [0.25, 0.3) is 0 Å². The number of hydrogen-bond donors (Lipinski definition) is 0. The van der Waals surface area contributed by atoms with Crippen molar-refractivity contribution in [2.45, 2.75) is 5.54 Å². The number of hydrogen-bond acceptors (Lipinski definition) is 1. The molecule has 0 saturated carbocycles. The Hall–Kier alpha value is -4.28. The van der Waals surface area contributed by atoms with Gasteiger partial charge in [-0.05, 0) is 44.8 Å². The van der Waals surface area contributed by atoms with Gasteiger partial charge in [0.1, 0.15) is 17.1 Å². The van der Waals surface area contributed by atoms with Crippen LogP contribution in [0, 0.1) is 5.82 Å². The Balaban J connectivity index is 1.80. The molecule has 0 saturated heterocycles. The molecule has 0 amide bonds. The first-order valence-corrected chi connectivity index (χ1v) is 13.3. The molecule has 0 spiro atoms. The van der Waals surface area contributed by atoms with E-state index in [9.17, 15) is 4.39 Å². The van der Waals surface area contributed by atoms with E-state index in [0.29, 0.717) is 11.3 Å². The zero-order chi connectivity index (χ0) is 26.0. The maximum Gasteiger partial charge on any atom is 0.138 e. The molecule has 5 aromatic carbocycles. The predicted molar refractivity (Wildman–Crippen MR) is 155 cm³/mol. The molecule has 38 heavy (non-hydrogen) atoms. The molecule has 0 aliphatic heterocycles. The molecule has 0 atom stereocenters. The molecule has 6 aromatic rings. The van der Waals surface area contributed by atoms with Crippen LogP contribution in [0.4, 0.5) is 4.39 Å². The topological polar surface area (TPSA) is 17.8 Å². The van der Waals surface area contributed by atoms with Crippen LogP contribution in [0.2, 0.25) is 0 Å². The minimum Gasteiger partial charge on any atom is -0.243 e. The third-order valence-corrected chi connectivity index (χ3v) is 7.62. The van der Waals surface area contributed by atoms with E-state index in [-0.39, 0.29) is 5.82 Å². The smallest absolute Gasteiger partial charge is 0.138 e. The van der Waals surface area contributed by atoms with Crippen LogP contribution < -0.4 is 0 Å². The fourth-order valence-electron chi connectivity index (χ4n) is 5.21. The summed E-state index contributed by atoms with van der Waals surface area (Å²) in [6.07, 6.45) is 0. The van der Waals surface area contributed by atoms with Crippen LogP contribution in [-0.2, 0) is 5.54 Å². The summed E-state index contributed by atoms with van der Waals surface area (Å²) in [4.78, 5) is 0. The third kappa shape index (κ3) is 4.07. The second-order valence-electron chi connectivity index (χ2n) is 9.11. The van der Waals surface area contributed by atoms with Crippen molar-refractivity contribution in [3.05, 3.63) is 173 Å². The van der Waals surface area contributed by atoms with Crippen LogP contribution in [0.15, 0.2) is 150 Å². The monoisotopic (exact) mass is 558 g/mol. The second-order valence-corrected chi connectivity index (χ2v) is 9.90. The van der Waals surface area contributed by atoms with Crippen molar-refractivity contribution in [1.82, 2.24) is 9.78 Å². The molecule has 2 nitrogen and oxygen atoms in total. The first-order valence-electron chi connectivity index (χ1n) is 12.5. The van der Waals surface area contributed by atoms with Crippen molar-refractivity contribution in [1.29, 1.82) is 0 Å². The van der Waals surface area contributed by atoms with E-state index in [2.05, 4.69) is 106 Å². The van der Waals surface area contributed by atoms with Gasteiger partial charge in [-0.3, -0.25) is 0 Å². The van der Waals surface area contributed by atoms with Crippen molar-refractivity contribution >= 4 is 15.9 Å². The number of nitrogens with zero attached hydrogens (tertiary/aromatic N) is 2. The van der Waals surface area contributed by atoms with Crippen LogP contribution in [0.5, 0.6) is 0 Å².